The zero-order chi connectivity index (χ0) is 23.0. The van der Waals surface area contributed by atoms with Gasteiger partial charge in [0.15, 0.2) is 0 Å². The molecule has 4 nitrogen and oxygen atoms in total. The highest BCUT2D eigenvalue weighted by Crippen LogP contribution is 2.56. The third kappa shape index (κ3) is 5.05. The molecule has 1 N–H and O–H groups in total. The zero-order valence-corrected chi connectivity index (χ0v) is 20.3. The topological polar surface area (TPSA) is 47.6 Å². The van der Waals surface area contributed by atoms with E-state index in [1.165, 1.54) is 0 Å². The van der Waals surface area contributed by atoms with Gasteiger partial charge in [0.2, 0.25) is 0 Å². The first-order valence-electron chi connectivity index (χ1n) is 11.3. The van der Waals surface area contributed by atoms with E-state index in [0.29, 0.717) is 13.2 Å². The van der Waals surface area contributed by atoms with Crippen molar-refractivity contribution >= 4 is 7.60 Å². The first kappa shape index (κ1) is 24.4. The van der Waals surface area contributed by atoms with Crippen molar-refractivity contribution in [2.45, 2.75) is 39.0 Å². The molecule has 0 amide bonds. The van der Waals surface area contributed by atoms with E-state index in [1.54, 1.807) is 0 Å². The predicted molar refractivity (Wildman–Crippen MR) is 132 cm³/mol. The van der Waals surface area contributed by atoms with Crippen molar-refractivity contribution in [2.24, 2.45) is 5.92 Å². The van der Waals surface area contributed by atoms with Crippen molar-refractivity contribution in [3.8, 4) is 0 Å². The highest BCUT2D eigenvalue weighted by atomic mass is 31.2. The number of hydrogen-bond donors (Lipinski definition) is 1. The third-order valence-electron chi connectivity index (χ3n) is 5.58. The SMILES string of the molecule is CCOP(=O)(OCC)C(NC(c1ccccc1)(c1ccccc1)c1ccccc1)C(C)C. The first-order valence-corrected chi connectivity index (χ1v) is 12.9. The summed E-state index contributed by atoms with van der Waals surface area (Å²) in [7, 11) is -3.45. The summed E-state index contributed by atoms with van der Waals surface area (Å²) in [6, 6.07) is 30.9. The monoisotopic (exact) mass is 451 g/mol. The average Bonchev–Trinajstić information content (AvgIpc) is 2.82. The molecule has 1 unspecified atom stereocenters. The van der Waals surface area contributed by atoms with Gasteiger partial charge in [0.05, 0.1) is 18.8 Å². The van der Waals surface area contributed by atoms with Crippen LogP contribution in [-0.2, 0) is 19.2 Å². The summed E-state index contributed by atoms with van der Waals surface area (Å²) in [5.41, 5.74) is 2.43. The average molecular weight is 452 g/mol. The third-order valence-corrected chi connectivity index (χ3v) is 8.22. The summed E-state index contributed by atoms with van der Waals surface area (Å²) < 4.78 is 25.7. The molecule has 0 heterocycles. The molecule has 0 aliphatic carbocycles. The van der Waals surface area contributed by atoms with E-state index < -0.39 is 18.9 Å². The minimum Gasteiger partial charge on any atom is -0.308 e. The summed E-state index contributed by atoms with van der Waals surface area (Å²) in [5.74, 6) is -0.530. The van der Waals surface area contributed by atoms with Crippen LogP contribution in [0.15, 0.2) is 91.0 Å². The molecule has 1 atom stereocenters. The van der Waals surface area contributed by atoms with E-state index in [9.17, 15) is 4.57 Å². The Hall–Kier alpha value is -2.23. The van der Waals surface area contributed by atoms with Crippen LogP contribution in [-0.4, -0.2) is 19.0 Å². The van der Waals surface area contributed by atoms with Gasteiger partial charge in [0, 0.05) is 0 Å². The highest BCUT2D eigenvalue weighted by Gasteiger charge is 2.46. The van der Waals surface area contributed by atoms with Gasteiger partial charge in [-0.25, -0.2) is 0 Å². The van der Waals surface area contributed by atoms with Gasteiger partial charge in [0.25, 0.3) is 0 Å². The molecule has 0 aromatic heterocycles. The van der Waals surface area contributed by atoms with Crippen molar-refractivity contribution in [2.75, 3.05) is 13.2 Å². The quantitative estimate of drug-likeness (QED) is 0.257. The fourth-order valence-corrected chi connectivity index (χ4v) is 6.40. The van der Waals surface area contributed by atoms with Crippen LogP contribution in [0.25, 0.3) is 0 Å². The van der Waals surface area contributed by atoms with Gasteiger partial charge in [-0.3, -0.25) is 9.88 Å². The number of rotatable bonds is 11. The summed E-state index contributed by atoms with van der Waals surface area (Å²) in [4.78, 5) is 0. The molecule has 170 valence electrons. The van der Waals surface area contributed by atoms with Crippen LogP contribution in [0.1, 0.15) is 44.4 Å². The van der Waals surface area contributed by atoms with Crippen LogP contribution in [0.5, 0.6) is 0 Å². The minimum atomic E-state index is -3.45. The normalized spacial score (nSPS) is 13.3. The Labute approximate surface area is 192 Å². The first-order chi connectivity index (χ1) is 15.5. The Morgan fingerprint density at radius 1 is 0.719 bits per heavy atom. The lowest BCUT2D eigenvalue weighted by atomic mass is 9.76. The minimum absolute atomic E-state index is 0.00514. The molecule has 0 aliphatic heterocycles. The van der Waals surface area contributed by atoms with Crippen LogP contribution < -0.4 is 5.32 Å². The standard InChI is InChI=1S/C27H34NO3P/c1-5-30-32(29,31-6-2)26(22(3)4)28-27(23-16-10-7-11-17-23,24-18-12-8-13-19-24)25-20-14-9-15-21-25/h7-22,26,28H,5-6H2,1-4H3. The summed E-state index contributed by atoms with van der Waals surface area (Å²) in [5, 5.41) is 3.81. The van der Waals surface area contributed by atoms with Gasteiger partial charge < -0.3 is 9.05 Å². The molecular formula is C27H34NO3P. The molecule has 0 fully saturated rings. The van der Waals surface area contributed by atoms with Crippen molar-refractivity contribution in [3.05, 3.63) is 108 Å². The molecule has 0 saturated heterocycles. The van der Waals surface area contributed by atoms with Crippen molar-refractivity contribution in [1.29, 1.82) is 0 Å². The van der Waals surface area contributed by atoms with E-state index in [4.69, 9.17) is 9.05 Å². The summed E-state index contributed by atoms with van der Waals surface area (Å²) in [6.45, 7) is 8.43. The second kappa shape index (κ2) is 11.1. The molecule has 32 heavy (non-hydrogen) atoms. The van der Waals surface area contributed by atoms with Gasteiger partial charge in [-0.15, -0.1) is 0 Å². The highest BCUT2D eigenvalue weighted by molar-refractivity contribution is 7.54. The summed E-state index contributed by atoms with van der Waals surface area (Å²) in [6.07, 6.45) is 0. The molecule has 0 aliphatic rings. The molecule has 0 radical (unpaired) electrons. The molecule has 3 rings (SSSR count). The van der Waals surface area contributed by atoms with Crippen LogP contribution in [0.2, 0.25) is 0 Å². The van der Waals surface area contributed by atoms with E-state index in [-0.39, 0.29) is 5.92 Å². The van der Waals surface area contributed by atoms with Crippen molar-refractivity contribution < 1.29 is 13.6 Å². The Bertz CT molecular complexity index is 887. The van der Waals surface area contributed by atoms with Crippen molar-refractivity contribution in [3.63, 3.8) is 0 Å². The maximum absolute atomic E-state index is 14.0. The van der Waals surface area contributed by atoms with E-state index >= 15 is 0 Å². The van der Waals surface area contributed by atoms with Crippen LogP contribution >= 0.6 is 7.60 Å². The largest absolute Gasteiger partial charge is 0.347 e. The zero-order valence-electron chi connectivity index (χ0n) is 19.4. The van der Waals surface area contributed by atoms with Crippen LogP contribution in [0.3, 0.4) is 0 Å². The van der Waals surface area contributed by atoms with Gasteiger partial charge in [0.1, 0.15) is 5.78 Å². The van der Waals surface area contributed by atoms with Gasteiger partial charge in [-0.1, -0.05) is 105 Å². The van der Waals surface area contributed by atoms with Gasteiger partial charge >= 0.3 is 7.60 Å². The fourth-order valence-electron chi connectivity index (χ4n) is 4.20. The molecule has 0 bridgehead atoms. The molecule has 3 aromatic carbocycles. The number of hydrogen-bond acceptors (Lipinski definition) is 4. The molecular weight excluding hydrogens is 417 g/mol. The second-order valence-electron chi connectivity index (χ2n) is 8.06. The summed E-state index contributed by atoms with van der Waals surface area (Å²) >= 11 is 0. The second-order valence-corrected chi connectivity index (χ2v) is 10.2. The molecule has 3 aromatic rings. The molecule has 5 heteroatoms. The lowest BCUT2D eigenvalue weighted by molar-refractivity contribution is 0.193. The maximum atomic E-state index is 14.0. The smallest absolute Gasteiger partial charge is 0.308 e. The lowest BCUT2D eigenvalue weighted by Crippen LogP contribution is -2.51. The van der Waals surface area contributed by atoms with E-state index in [0.717, 1.165) is 16.7 Å². The van der Waals surface area contributed by atoms with Crippen molar-refractivity contribution in [1.82, 2.24) is 5.32 Å². The molecule has 0 saturated carbocycles. The molecule has 0 spiro atoms. The van der Waals surface area contributed by atoms with Crippen LogP contribution in [0, 0.1) is 5.92 Å². The lowest BCUT2D eigenvalue weighted by Gasteiger charge is -2.42. The van der Waals surface area contributed by atoms with Gasteiger partial charge in [-0.05, 0) is 36.5 Å². The Balaban J connectivity index is 2.30. The van der Waals surface area contributed by atoms with Crippen LogP contribution in [0.4, 0.5) is 0 Å². The predicted octanol–water partition coefficient (Wildman–Crippen LogP) is 6.82. The Morgan fingerprint density at radius 2 is 1.06 bits per heavy atom. The Morgan fingerprint density at radius 3 is 1.34 bits per heavy atom. The number of benzene rings is 3. The van der Waals surface area contributed by atoms with Gasteiger partial charge in [-0.2, -0.15) is 0 Å². The fraction of sp³-hybridized carbons (Fsp3) is 0.333. The maximum Gasteiger partial charge on any atom is 0.347 e. The number of nitrogens with one attached hydrogen (secondary N) is 1. The Kier molecular flexibility index (Phi) is 8.44. The van der Waals surface area contributed by atoms with E-state index in [1.807, 2.05) is 82.3 Å². The van der Waals surface area contributed by atoms with E-state index in [2.05, 4.69) is 41.7 Å².